The maximum Gasteiger partial charge on any atom is 0.264 e. The van der Waals surface area contributed by atoms with Crippen molar-refractivity contribution in [2.75, 3.05) is 20.9 Å². The molecule has 1 amide bonds. The highest BCUT2D eigenvalue weighted by Gasteiger charge is 2.27. The van der Waals surface area contributed by atoms with Crippen molar-refractivity contribution in [1.29, 1.82) is 0 Å². The van der Waals surface area contributed by atoms with Crippen molar-refractivity contribution >= 4 is 54.7 Å². The Morgan fingerprint density at radius 1 is 0.784 bits per heavy atom. The van der Waals surface area contributed by atoms with Crippen LogP contribution in [0.15, 0.2) is 113 Å². The van der Waals surface area contributed by atoms with Gasteiger partial charge in [-0.1, -0.05) is 35.9 Å². The SMILES string of the molecule is O=C(CN(c1ccc(Cl)cc1)S(=O)(=O)c1ccccc1)Nc1ccc(S(=O)(=O)Nc2ccccn2)cc1. The third-order valence-corrected chi connectivity index (χ3v) is 8.50. The molecule has 1 heterocycles. The second kappa shape index (κ2) is 11.0. The zero-order valence-corrected chi connectivity index (χ0v) is 21.5. The Morgan fingerprint density at radius 2 is 1.43 bits per heavy atom. The zero-order chi connectivity index (χ0) is 26.5. The van der Waals surface area contributed by atoms with Gasteiger partial charge in [0.15, 0.2) is 0 Å². The van der Waals surface area contributed by atoms with Crippen molar-refractivity contribution in [3.05, 3.63) is 108 Å². The van der Waals surface area contributed by atoms with E-state index in [0.29, 0.717) is 5.02 Å². The van der Waals surface area contributed by atoms with Crippen LogP contribution in [-0.4, -0.2) is 34.3 Å². The average molecular weight is 557 g/mol. The van der Waals surface area contributed by atoms with Gasteiger partial charge >= 0.3 is 0 Å². The van der Waals surface area contributed by atoms with Crippen LogP contribution in [0.3, 0.4) is 0 Å². The van der Waals surface area contributed by atoms with Crippen LogP contribution in [-0.2, 0) is 24.8 Å². The molecule has 0 atom stereocenters. The lowest BCUT2D eigenvalue weighted by Gasteiger charge is -2.24. The van der Waals surface area contributed by atoms with Crippen molar-refractivity contribution in [2.45, 2.75) is 9.79 Å². The summed E-state index contributed by atoms with van der Waals surface area (Å²) in [5.74, 6) is -0.460. The highest BCUT2D eigenvalue weighted by Crippen LogP contribution is 2.25. The number of hydrogen-bond acceptors (Lipinski definition) is 6. The summed E-state index contributed by atoms with van der Waals surface area (Å²) in [5, 5.41) is 3.02. The number of nitrogens with one attached hydrogen (secondary N) is 2. The molecule has 0 bridgehead atoms. The van der Waals surface area contributed by atoms with Gasteiger partial charge in [-0.2, -0.15) is 0 Å². The van der Waals surface area contributed by atoms with Crippen LogP contribution in [0.4, 0.5) is 17.2 Å². The number of sulfonamides is 2. The fourth-order valence-corrected chi connectivity index (χ4v) is 5.89. The molecule has 0 aliphatic heterocycles. The van der Waals surface area contributed by atoms with Crippen LogP contribution in [0.2, 0.25) is 5.02 Å². The predicted octanol–water partition coefficient (Wildman–Crippen LogP) is 4.37. The van der Waals surface area contributed by atoms with Gasteiger partial charge in [0.2, 0.25) is 5.91 Å². The van der Waals surface area contributed by atoms with Gasteiger partial charge in [-0.3, -0.25) is 13.8 Å². The lowest BCUT2D eigenvalue weighted by Crippen LogP contribution is -2.38. The van der Waals surface area contributed by atoms with Gasteiger partial charge in [-0.05, 0) is 72.8 Å². The summed E-state index contributed by atoms with van der Waals surface area (Å²) in [5.41, 5.74) is 0.542. The first kappa shape index (κ1) is 26.1. The van der Waals surface area contributed by atoms with Gasteiger partial charge in [-0.15, -0.1) is 0 Å². The molecule has 1 aromatic heterocycles. The second-order valence-corrected chi connectivity index (χ2v) is 11.7. The number of carbonyl (C=O) groups is 1. The van der Waals surface area contributed by atoms with E-state index in [2.05, 4.69) is 15.0 Å². The monoisotopic (exact) mass is 556 g/mol. The minimum atomic E-state index is -4.07. The molecule has 3 aromatic carbocycles. The van der Waals surface area contributed by atoms with Crippen LogP contribution in [0.5, 0.6) is 0 Å². The molecule has 0 saturated heterocycles. The molecule has 4 rings (SSSR count). The van der Waals surface area contributed by atoms with Crippen LogP contribution < -0.4 is 14.3 Å². The van der Waals surface area contributed by atoms with E-state index in [4.69, 9.17) is 11.6 Å². The van der Waals surface area contributed by atoms with Gasteiger partial charge in [0, 0.05) is 16.9 Å². The molecule has 0 unspecified atom stereocenters. The Hall–Kier alpha value is -3.93. The van der Waals surface area contributed by atoms with E-state index in [1.807, 2.05) is 0 Å². The molecule has 0 saturated carbocycles. The number of amides is 1. The summed E-state index contributed by atoms with van der Waals surface area (Å²) in [4.78, 5) is 16.8. The third kappa shape index (κ3) is 6.45. The molecule has 12 heteroatoms. The minimum Gasteiger partial charge on any atom is -0.325 e. The number of halogens is 1. The van der Waals surface area contributed by atoms with Crippen LogP contribution >= 0.6 is 11.6 Å². The van der Waals surface area contributed by atoms with Crippen molar-refractivity contribution in [1.82, 2.24) is 4.98 Å². The molecule has 2 N–H and O–H groups in total. The highest BCUT2D eigenvalue weighted by atomic mass is 35.5. The molecule has 0 fully saturated rings. The summed E-state index contributed by atoms with van der Waals surface area (Å²) < 4.78 is 55.2. The Balaban J connectivity index is 1.52. The fraction of sp³-hybridized carbons (Fsp3) is 0.0400. The van der Waals surface area contributed by atoms with E-state index < -0.39 is 32.5 Å². The van der Waals surface area contributed by atoms with Gasteiger partial charge in [0.05, 0.1) is 15.5 Å². The molecule has 0 aliphatic carbocycles. The minimum absolute atomic E-state index is 0.0210. The Kier molecular flexibility index (Phi) is 7.77. The fourth-order valence-electron chi connectivity index (χ4n) is 3.31. The van der Waals surface area contributed by atoms with Crippen LogP contribution in [0.25, 0.3) is 0 Å². The van der Waals surface area contributed by atoms with Gasteiger partial charge in [-0.25, -0.2) is 21.8 Å². The maximum atomic E-state index is 13.3. The number of pyridine rings is 1. The molecule has 9 nitrogen and oxygen atoms in total. The number of carbonyl (C=O) groups excluding carboxylic acids is 1. The standard InChI is InChI=1S/C25H21ClN4O5S2/c26-19-9-13-21(14-10-19)30(37(34,35)23-6-2-1-3-7-23)18-25(31)28-20-11-15-22(16-12-20)36(32,33)29-24-8-4-5-17-27-24/h1-17H,18H2,(H,27,29)(H,28,31). The summed E-state index contributed by atoms with van der Waals surface area (Å²) in [6, 6.07) is 24.1. The first-order valence-corrected chi connectivity index (χ1v) is 14.1. The molecule has 190 valence electrons. The summed E-state index contributed by atoms with van der Waals surface area (Å²) in [6.07, 6.45) is 1.46. The number of nitrogens with zero attached hydrogens (tertiary/aromatic N) is 2. The molecule has 0 radical (unpaired) electrons. The van der Waals surface area contributed by atoms with Crippen LogP contribution in [0, 0.1) is 0 Å². The third-order valence-electron chi connectivity index (χ3n) is 5.09. The Labute approximate surface area is 219 Å². The zero-order valence-electron chi connectivity index (χ0n) is 19.2. The van der Waals surface area contributed by atoms with E-state index in [1.165, 1.54) is 72.9 Å². The molecular formula is C25H21ClN4O5S2. The number of benzene rings is 3. The van der Waals surface area contributed by atoms with Crippen molar-refractivity contribution < 1.29 is 21.6 Å². The smallest absolute Gasteiger partial charge is 0.264 e. The number of anilines is 3. The first-order valence-electron chi connectivity index (χ1n) is 10.8. The number of rotatable bonds is 9. The average Bonchev–Trinajstić information content (AvgIpc) is 2.89. The van der Waals surface area contributed by atoms with Gasteiger partial charge in [0.25, 0.3) is 20.0 Å². The lowest BCUT2D eigenvalue weighted by atomic mass is 10.3. The van der Waals surface area contributed by atoms with Crippen molar-refractivity contribution in [3.63, 3.8) is 0 Å². The molecule has 0 spiro atoms. The van der Waals surface area contributed by atoms with E-state index in [-0.39, 0.29) is 27.0 Å². The van der Waals surface area contributed by atoms with Crippen molar-refractivity contribution in [2.24, 2.45) is 0 Å². The van der Waals surface area contributed by atoms with Crippen molar-refractivity contribution in [3.8, 4) is 0 Å². The van der Waals surface area contributed by atoms with E-state index in [0.717, 1.165) is 4.31 Å². The lowest BCUT2D eigenvalue weighted by molar-refractivity contribution is -0.114. The first-order chi connectivity index (χ1) is 17.6. The normalized spacial score (nSPS) is 11.5. The summed E-state index contributed by atoms with van der Waals surface area (Å²) in [6.45, 7) is -0.528. The predicted molar refractivity (Wildman–Crippen MR) is 143 cm³/mol. The molecule has 4 aromatic rings. The highest BCUT2D eigenvalue weighted by molar-refractivity contribution is 7.93. The van der Waals surface area contributed by atoms with Gasteiger partial charge < -0.3 is 5.32 Å². The van der Waals surface area contributed by atoms with E-state index in [9.17, 15) is 21.6 Å². The Bertz CT molecular complexity index is 1580. The maximum absolute atomic E-state index is 13.3. The molecular weight excluding hydrogens is 536 g/mol. The quantitative estimate of drug-likeness (QED) is 0.315. The van der Waals surface area contributed by atoms with E-state index >= 15 is 0 Å². The number of aromatic nitrogens is 1. The molecule has 0 aliphatic rings. The molecule has 37 heavy (non-hydrogen) atoms. The van der Waals surface area contributed by atoms with Gasteiger partial charge in [0.1, 0.15) is 12.4 Å². The van der Waals surface area contributed by atoms with E-state index in [1.54, 1.807) is 30.3 Å². The topological polar surface area (TPSA) is 126 Å². The van der Waals surface area contributed by atoms with Crippen LogP contribution in [0.1, 0.15) is 0 Å². The summed E-state index contributed by atoms with van der Waals surface area (Å²) in [7, 11) is -7.96. The largest absolute Gasteiger partial charge is 0.325 e. The summed E-state index contributed by atoms with van der Waals surface area (Å²) >= 11 is 5.95. The Morgan fingerprint density at radius 3 is 2.05 bits per heavy atom. The second-order valence-electron chi connectivity index (χ2n) is 7.69. The number of hydrogen-bond donors (Lipinski definition) is 2.